The van der Waals surface area contributed by atoms with Gasteiger partial charge >= 0.3 is 5.97 Å². The lowest BCUT2D eigenvalue weighted by Crippen LogP contribution is -2.33. The highest BCUT2D eigenvalue weighted by molar-refractivity contribution is 8.18. The molecule has 174 valence electrons. The number of carboxylic acid groups (broad SMARTS) is 1. The molecule has 0 aromatic heterocycles. The first-order chi connectivity index (χ1) is 15.9. The molecule has 0 radical (unpaired) electrons. The number of carboxylic acids is 1. The van der Waals surface area contributed by atoms with Crippen LogP contribution >= 0.6 is 11.8 Å². The summed E-state index contributed by atoms with van der Waals surface area (Å²) in [6.07, 6.45) is 2.76. The molecule has 0 saturated carbocycles. The van der Waals surface area contributed by atoms with Crippen LogP contribution in [0.25, 0.3) is 6.08 Å². The minimum Gasteiger partial charge on any atom is -0.490 e. The maximum atomic E-state index is 13.3. The molecule has 1 aliphatic rings. The largest absolute Gasteiger partial charge is 0.490 e. The topological polar surface area (TPSA) is 88.4 Å². The van der Waals surface area contributed by atoms with Crippen molar-refractivity contribution in [1.29, 1.82) is 0 Å². The van der Waals surface area contributed by atoms with Crippen molar-refractivity contribution in [3.05, 3.63) is 59.0 Å². The third kappa shape index (κ3) is 6.61. The van der Waals surface area contributed by atoms with Crippen molar-refractivity contribution in [2.45, 2.75) is 27.2 Å². The van der Waals surface area contributed by atoms with E-state index in [1.54, 1.807) is 29.2 Å². The summed E-state index contributed by atoms with van der Waals surface area (Å²) in [5.74, 6) is -0.0396. The molecule has 3 rings (SSSR count). The molecule has 2 aromatic rings. The lowest BCUT2D eigenvalue weighted by atomic mass is 10.1. The van der Waals surface area contributed by atoms with Gasteiger partial charge in [-0.05, 0) is 60.5 Å². The van der Waals surface area contributed by atoms with E-state index in [0.717, 1.165) is 17.7 Å². The summed E-state index contributed by atoms with van der Waals surface area (Å²) >= 11 is 1.34. The Balaban J connectivity index is 1.92. The highest BCUT2D eigenvalue weighted by atomic mass is 32.2. The Kier molecular flexibility index (Phi) is 8.54. The number of hydrogen-bond donors (Lipinski definition) is 1. The third-order valence-electron chi connectivity index (χ3n) is 4.98. The summed E-state index contributed by atoms with van der Waals surface area (Å²) in [7, 11) is 0. The molecule has 7 nitrogen and oxygen atoms in total. The zero-order chi connectivity index (χ0) is 23.8. The molecular formula is C25H28N2O5S. The highest BCUT2D eigenvalue weighted by Gasteiger charge is 2.34. The van der Waals surface area contributed by atoms with Crippen LogP contribution in [0, 0.1) is 5.92 Å². The number of carbonyl (C=O) groups excluding carboxylic acids is 1. The number of amidine groups is 1. The van der Waals surface area contributed by atoms with E-state index < -0.39 is 12.6 Å². The molecule has 1 heterocycles. The number of rotatable bonds is 10. The number of thioether (sulfide) groups is 1. The van der Waals surface area contributed by atoms with E-state index in [0.29, 0.717) is 40.6 Å². The zero-order valence-electron chi connectivity index (χ0n) is 19.0. The van der Waals surface area contributed by atoms with Crippen LogP contribution < -0.4 is 9.47 Å². The van der Waals surface area contributed by atoms with Gasteiger partial charge in [-0.2, -0.15) is 0 Å². The second-order valence-corrected chi connectivity index (χ2v) is 8.60. The van der Waals surface area contributed by atoms with Crippen LogP contribution in [0.15, 0.2) is 58.4 Å². The molecule has 1 aliphatic heterocycles. The van der Waals surface area contributed by atoms with E-state index in [2.05, 4.69) is 13.8 Å². The minimum absolute atomic E-state index is 0.0841. The van der Waals surface area contributed by atoms with Gasteiger partial charge in [0.1, 0.15) is 0 Å². The number of aliphatic imine (C=N–C) groups is 1. The predicted molar refractivity (Wildman–Crippen MR) is 131 cm³/mol. The molecule has 33 heavy (non-hydrogen) atoms. The fraction of sp³-hybridized carbons (Fsp3) is 0.320. The van der Waals surface area contributed by atoms with Crippen molar-refractivity contribution in [3.63, 3.8) is 0 Å². The molecule has 2 aromatic carbocycles. The number of amides is 1. The number of benzene rings is 2. The quantitative estimate of drug-likeness (QED) is 0.482. The lowest BCUT2D eigenvalue weighted by Gasteiger charge is -2.19. The van der Waals surface area contributed by atoms with Gasteiger partial charge in [0, 0.05) is 6.54 Å². The summed E-state index contributed by atoms with van der Waals surface area (Å²) in [4.78, 5) is 31.1. The predicted octanol–water partition coefficient (Wildman–Crippen LogP) is 5.20. The van der Waals surface area contributed by atoms with Crippen LogP contribution in [0.5, 0.6) is 11.5 Å². The Labute approximate surface area is 198 Å². The van der Waals surface area contributed by atoms with E-state index in [1.165, 1.54) is 11.8 Å². The molecule has 0 aliphatic carbocycles. The Hall–Kier alpha value is -3.26. The summed E-state index contributed by atoms with van der Waals surface area (Å²) < 4.78 is 10.9. The maximum Gasteiger partial charge on any atom is 0.341 e. The van der Waals surface area contributed by atoms with Crippen LogP contribution in [0.3, 0.4) is 0 Å². The van der Waals surface area contributed by atoms with Gasteiger partial charge in [-0.1, -0.05) is 44.5 Å². The summed E-state index contributed by atoms with van der Waals surface area (Å²) in [6.45, 7) is 6.59. The Morgan fingerprint density at radius 1 is 1.15 bits per heavy atom. The Morgan fingerprint density at radius 2 is 1.91 bits per heavy atom. The molecule has 0 unspecified atom stereocenters. The van der Waals surface area contributed by atoms with E-state index in [9.17, 15) is 9.59 Å². The standard InChI is InChI=1S/C25H28N2O5S/c1-4-17(3)15-27-24(30)22(33-25(27)26-19-9-7-6-8-10-19)14-18-11-12-20(32-16-23(28)29)21(13-18)31-5-2/h6-14,17H,4-5,15-16H2,1-3H3,(H,28,29)/b22-14+,26-25?/t17-/m0/s1. The average Bonchev–Trinajstić information content (AvgIpc) is 3.08. The number of nitrogens with zero attached hydrogens (tertiary/aromatic N) is 2. The van der Waals surface area contributed by atoms with Crippen LogP contribution in [-0.2, 0) is 9.59 Å². The Bertz CT molecular complexity index is 1050. The monoisotopic (exact) mass is 468 g/mol. The van der Waals surface area contributed by atoms with Crippen LogP contribution in [0.2, 0.25) is 0 Å². The van der Waals surface area contributed by atoms with E-state index in [4.69, 9.17) is 19.6 Å². The van der Waals surface area contributed by atoms with Gasteiger partial charge in [-0.25, -0.2) is 9.79 Å². The maximum absolute atomic E-state index is 13.3. The van der Waals surface area contributed by atoms with Crippen molar-refractivity contribution >= 4 is 40.6 Å². The fourth-order valence-electron chi connectivity index (χ4n) is 3.10. The zero-order valence-corrected chi connectivity index (χ0v) is 19.8. The average molecular weight is 469 g/mol. The highest BCUT2D eigenvalue weighted by Crippen LogP contribution is 2.36. The molecule has 1 N–H and O–H groups in total. The van der Waals surface area contributed by atoms with Gasteiger partial charge < -0.3 is 14.6 Å². The molecule has 8 heteroatoms. The first-order valence-corrected chi connectivity index (χ1v) is 11.7. The van der Waals surface area contributed by atoms with Gasteiger partial charge in [0.2, 0.25) is 0 Å². The smallest absolute Gasteiger partial charge is 0.341 e. The summed E-state index contributed by atoms with van der Waals surface area (Å²) in [5.41, 5.74) is 1.54. The van der Waals surface area contributed by atoms with Gasteiger partial charge in [-0.15, -0.1) is 0 Å². The number of para-hydroxylation sites is 1. The number of ether oxygens (including phenoxy) is 2. The molecule has 0 bridgehead atoms. The van der Waals surface area contributed by atoms with Gasteiger partial charge in [0.05, 0.1) is 17.2 Å². The van der Waals surface area contributed by atoms with Crippen molar-refractivity contribution in [3.8, 4) is 11.5 Å². The molecule has 0 spiro atoms. The van der Waals surface area contributed by atoms with Crippen molar-refractivity contribution in [2.24, 2.45) is 10.9 Å². The van der Waals surface area contributed by atoms with Crippen molar-refractivity contribution in [2.75, 3.05) is 19.8 Å². The molecule has 1 fully saturated rings. The number of carbonyl (C=O) groups is 2. The van der Waals surface area contributed by atoms with Crippen molar-refractivity contribution < 1.29 is 24.2 Å². The first kappa shape index (κ1) is 24.4. The van der Waals surface area contributed by atoms with Gasteiger partial charge in [-0.3, -0.25) is 9.69 Å². The lowest BCUT2D eigenvalue weighted by molar-refractivity contribution is -0.139. The van der Waals surface area contributed by atoms with Gasteiger partial charge in [0.15, 0.2) is 23.3 Å². The van der Waals surface area contributed by atoms with E-state index >= 15 is 0 Å². The third-order valence-corrected chi connectivity index (χ3v) is 5.98. The van der Waals surface area contributed by atoms with Crippen LogP contribution in [-0.4, -0.2) is 46.8 Å². The van der Waals surface area contributed by atoms with Crippen LogP contribution in [0.4, 0.5) is 5.69 Å². The van der Waals surface area contributed by atoms with Crippen LogP contribution in [0.1, 0.15) is 32.8 Å². The normalized spacial score (nSPS) is 16.9. The second kappa shape index (κ2) is 11.6. The van der Waals surface area contributed by atoms with Gasteiger partial charge in [0.25, 0.3) is 5.91 Å². The van der Waals surface area contributed by atoms with E-state index in [-0.39, 0.29) is 5.91 Å². The minimum atomic E-state index is -1.07. The molecule has 1 amide bonds. The summed E-state index contributed by atoms with van der Waals surface area (Å²) in [5, 5.41) is 9.53. The fourth-order valence-corrected chi connectivity index (χ4v) is 4.11. The molecule has 1 saturated heterocycles. The SMILES string of the molecule is CCOc1cc(/C=C2/SC(=Nc3ccccc3)N(C[C@@H](C)CC)C2=O)ccc1OCC(=O)O. The summed E-state index contributed by atoms with van der Waals surface area (Å²) in [6, 6.07) is 14.7. The molecular weight excluding hydrogens is 440 g/mol. The first-order valence-electron chi connectivity index (χ1n) is 10.9. The van der Waals surface area contributed by atoms with E-state index in [1.807, 2.05) is 37.3 Å². The second-order valence-electron chi connectivity index (χ2n) is 7.59. The Morgan fingerprint density at radius 3 is 2.58 bits per heavy atom. The number of hydrogen-bond acceptors (Lipinski definition) is 6. The molecule has 1 atom stereocenters. The number of aliphatic carboxylic acids is 1. The van der Waals surface area contributed by atoms with Crippen molar-refractivity contribution in [1.82, 2.24) is 4.90 Å².